The van der Waals surface area contributed by atoms with Crippen molar-refractivity contribution in [2.45, 2.75) is 25.9 Å². The van der Waals surface area contributed by atoms with Gasteiger partial charge in [-0.15, -0.1) is 6.58 Å². The molecule has 1 rings (SSSR count). The van der Waals surface area contributed by atoms with Gasteiger partial charge < -0.3 is 5.11 Å². The highest BCUT2D eigenvalue weighted by molar-refractivity contribution is 5.36. The van der Waals surface area contributed by atoms with E-state index in [1.54, 1.807) is 0 Å². The predicted octanol–water partition coefficient (Wildman–Crippen LogP) is 2.20. The van der Waals surface area contributed by atoms with Gasteiger partial charge in [-0.3, -0.25) is 0 Å². The van der Waals surface area contributed by atoms with Crippen LogP contribution in [-0.2, 0) is 0 Å². The average molecular weight is 150 g/mol. The topological polar surface area (TPSA) is 20.2 Å². The van der Waals surface area contributed by atoms with Gasteiger partial charge in [0.1, 0.15) is 0 Å². The largest absolute Gasteiger partial charge is 0.389 e. The minimum absolute atomic E-state index is 0.306. The van der Waals surface area contributed by atoms with Crippen molar-refractivity contribution in [3.8, 4) is 0 Å². The van der Waals surface area contributed by atoms with Gasteiger partial charge in [0.05, 0.1) is 6.10 Å². The van der Waals surface area contributed by atoms with E-state index < -0.39 is 0 Å². The van der Waals surface area contributed by atoms with Crippen LogP contribution in [0.5, 0.6) is 0 Å². The average Bonchev–Trinajstić information content (AvgIpc) is 2.36. The first-order valence-corrected chi connectivity index (χ1v) is 3.93. The van der Waals surface area contributed by atoms with Crippen LogP contribution < -0.4 is 0 Å². The summed E-state index contributed by atoms with van der Waals surface area (Å²) in [6.45, 7) is 5.48. The maximum absolute atomic E-state index is 9.32. The third kappa shape index (κ3) is 1.81. The van der Waals surface area contributed by atoms with Crippen LogP contribution in [0.25, 0.3) is 0 Å². The van der Waals surface area contributed by atoms with Gasteiger partial charge in [-0.05, 0) is 30.9 Å². The van der Waals surface area contributed by atoms with Crippen molar-refractivity contribution in [2.24, 2.45) is 0 Å². The van der Waals surface area contributed by atoms with Gasteiger partial charge >= 0.3 is 0 Å². The fourth-order valence-electron chi connectivity index (χ4n) is 1.36. The second kappa shape index (κ2) is 3.54. The van der Waals surface area contributed by atoms with Gasteiger partial charge in [-0.25, -0.2) is 0 Å². The standard InChI is InChI=1S/C10H14O/c1-3-5-9-6-4-7-10(9)8(2)11/h3-4,6,8,11H,1,5,7H2,2H3. The Morgan fingerprint density at radius 2 is 2.55 bits per heavy atom. The maximum atomic E-state index is 9.32. The van der Waals surface area contributed by atoms with Crippen molar-refractivity contribution in [3.05, 3.63) is 36.0 Å². The Kier molecular flexibility index (Phi) is 2.66. The summed E-state index contributed by atoms with van der Waals surface area (Å²) in [6.07, 6.45) is 7.50. The normalized spacial score (nSPS) is 19.1. The van der Waals surface area contributed by atoms with Crippen molar-refractivity contribution in [2.75, 3.05) is 0 Å². The van der Waals surface area contributed by atoms with E-state index in [-0.39, 0.29) is 6.10 Å². The first-order valence-electron chi connectivity index (χ1n) is 3.93. The van der Waals surface area contributed by atoms with E-state index in [4.69, 9.17) is 0 Å². The number of hydrogen-bond donors (Lipinski definition) is 1. The molecule has 0 saturated carbocycles. The Hall–Kier alpha value is -0.820. The molecule has 1 heteroatoms. The van der Waals surface area contributed by atoms with E-state index in [2.05, 4.69) is 18.7 Å². The highest BCUT2D eigenvalue weighted by Crippen LogP contribution is 2.24. The van der Waals surface area contributed by atoms with Crippen LogP contribution in [0, 0.1) is 0 Å². The van der Waals surface area contributed by atoms with Gasteiger partial charge in [0.2, 0.25) is 0 Å². The summed E-state index contributed by atoms with van der Waals surface area (Å²) in [4.78, 5) is 0. The molecule has 0 heterocycles. The van der Waals surface area contributed by atoms with Gasteiger partial charge in [-0.2, -0.15) is 0 Å². The SMILES string of the molecule is C=CCC1=C(C(C)O)CC=C1. The van der Waals surface area contributed by atoms with Gasteiger partial charge in [0, 0.05) is 0 Å². The molecule has 0 aliphatic heterocycles. The van der Waals surface area contributed by atoms with Crippen molar-refractivity contribution in [3.63, 3.8) is 0 Å². The van der Waals surface area contributed by atoms with Gasteiger partial charge in [0.15, 0.2) is 0 Å². The van der Waals surface area contributed by atoms with Crippen molar-refractivity contribution >= 4 is 0 Å². The zero-order valence-corrected chi connectivity index (χ0v) is 6.88. The first kappa shape index (κ1) is 8.28. The predicted molar refractivity (Wildman–Crippen MR) is 47.3 cm³/mol. The van der Waals surface area contributed by atoms with Crippen molar-refractivity contribution in [1.82, 2.24) is 0 Å². The molecule has 0 aromatic heterocycles. The number of rotatable bonds is 3. The van der Waals surface area contributed by atoms with Crippen LogP contribution in [-0.4, -0.2) is 11.2 Å². The van der Waals surface area contributed by atoms with E-state index >= 15 is 0 Å². The van der Waals surface area contributed by atoms with E-state index in [9.17, 15) is 5.11 Å². The summed E-state index contributed by atoms with van der Waals surface area (Å²) in [5.41, 5.74) is 2.37. The second-order valence-electron chi connectivity index (χ2n) is 2.83. The Morgan fingerprint density at radius 1 is 1.82 bits per heavy atom. The fraction of sp³-hybridized carbons (Fsp3) is 0.400. The molecule has 11 heavy (non-hydrogen) atoms. The molecule has 0 spiro atoms. The Bertz CT molecular complexity index is 209. The number of aliphatic hydroxyl groups is 1. The Labute approximate surface area is 67.7 Å². The monoisotopic (exact) mass is 150 g/mol. The van der Waals surface area contributed by atoms with E-state index in [1.165, 1.54) is 5.57 Å². The molecule has 1 aliphatic carbocycles. The van der Waals surface area contributed by atoms with Gasteiger partial charge in [-0.1, -0.05) is 18.2 Å². The van der Waals surface area contributed by atoms with Crippen LogP contribution in [0.1, 0.15) is 19.8 Å². The van der Waals surface area contributed by atoms with Crippen LogP contribution >= 0.6 is 0 Å². The first-order chi connectivity index (χ1) is 5.25. The molecule has 1 atom stereocenters. The van der Waals surface area contributed by atoms with Crippen LogP contribution in [0.3, 0.4) is 0 Å². The molecule has 60 valence electrons. The lowest BCUT2D eigenvalue weighted by molar-refractivity contribution is 0.228. The smallest absolute Gasteiger partial charge is 0.0730 e. The summed E-state index contributed by atoms with van der Waals surface area (Å²) in [5, 5.41) is 9.32. The lowest BCUT2D eigenvalue weighted by Gasteiger charge is -2.07. The molecular weight excluding hydrogens is 136 g/mol. The Balaban J connectivity index is 2.74. The van der Waals surface area contributed by atoms with Crippen molar-refractivity contribution in [1.29, 1.82) is 0 Å². The molecule has 0 aromatic rings. The quantitative estimate of drug-likeness (QED) is 0.611. The zero-order valence-electron chi connectivity index (χ0n) is 6.88. The third-order valence-corrected chi connectivity index (χ3v) is 1.94. The third-order valence-electron chi connectivity index (χ3n) is 1.94. The molecule has 0 bridgehead atoms. The molecule has 0 aromatic carbocycles. The number of allylic oxidation sites excluding steroid dienone is 4. The summed E-state index contributed by atoms with van der Waals surface area (Å²) < 4.78 is 0. The molecule has 1 unspecified atom stereocenters. The van der Waals surface area contributed by atoms with Gasteiger partial charge in [0.25, 0.3) is 0 Å². The highest BCUT2D eigenvalue weighted by atomic mass is 16.3. The minimum Gasteiger partial charge on any atom is -0.389 e. The molecule has 0 fully saturated rings. The second-order valence-corrected chi connectivity index (χ2v) is 2.83. The maximum Gasteiger partial charge on any atom is 0.0730 e. The summed E-state index contributed by atoms with van der Waals surface area (Å²) in [6, 6.07) is 0. The van der Waals surface area contributed by atoms with Crippen LogP contribution in [0.15, 0.2) is 36.0 Å². The minimum atomic E-state index is -0.306. The summed E-state index contributed by atoms with van der Waals surface area (Å²) in [7, 11) is 0. The molecule has 0 saturated heterocycles. The zero-order chi connectivity index (χ0) is 8.27. The number of aliphatic hydroxyl groups excluding tert-OH is 1. The van der Waals surface area contributed by atoms with E-state index in [1.807, 2.05) is 13.0 Å². The van der Waals surface area contributed by atoms with Crippen molar-refractivity contribution < 1.29 is 5.11 Å². The lowest BCUT2D eigenvalue weighted by Crippen LogP contribution is -2.04. The van der Waals surface area contributed by atoms with Crippen LogP contribution in [0.4, 0.5) is 0 Å². The van der Waals surface area contributed by atoms with E-state index in [0.717, 1.165) is 18.4 Å². The molecule has 1 nitrogen and oxygen atoms in total. The fourth-order valence-corrected chi connectivity index (χ4v) is 1.36. The lowest BCUT2D eigenvalue weighted by atomic mass is 10.0. The summed E-state index contributed by atoms with van der Waals surface area (Å²) >= 11 is 0. The molecular formula is C10H14O. The van der Waals surface area contributed by atoms with Crippen LogP contribution in [0.2, 0.25) is 0 Å². The summed E-state index contributed by atoms with van der Waals surface area (Å²) in [5.74, 6) is 0. The Morgan fingerprint density at radius 3 is 3.09 bits per heavy atom. The molecule has 0 amide bonds. The highest BCUT2D eigenvalue weighted by Gasteiger charge is 2.11. The molecule has 1 aliphatic rings. The molecule has 1 N–H and O–H groups in total. The number of hydrogen-bond acceptors (Lipinski definition) is 1. The van der Waals surface area contributed by atoms with E-state index in [0.29, 0.717) is 0 Å². The molecule has 0 radical (unpaired) electrons.